The minimum Gasteiger partial charge on any atom is -0.472 e. The molecule has 2 aromatic heterocycles. The zero-order chi connectivity index (χ0) is 25.8. The number of hydrogen-bond donors (Lipinski definition) is 0. The number of alkyl halides is 2. The Labute approximate surface area is 217 Å². The van der Waals surface area contributed by atoms with Crippen molar-refractivity contribution in [1.29, 1.82) is 0 Å². The molecular weight excluding hydrogens is 474 g/mol. The third-order valence-corrected chi connectivity index (χ3v) is 8.02. The maximum absolute atomic E-state index is 13.1. The van der Waals surface area contributed by atoms with Crippen molar-refractivity contribution in [3.8, 4) is 5.88 Å². The molecule has 37 heavy (non-hydrogen) atoms. The second kappa shape index (κ2) is 11.7. The number of aromatic nitrogens is 3. The third kappa shape index (κ3) is 6.53. The van der Waals surface area contributed by atoms with E-state index in [9.17, 15) is 13.6 Å². The second-order valence-corrected chi connectivity index (χ2v) is 10.6. The first-order chi connectivity index (χ1) is 17.9. The average molecular weight is 511 g/mol. The lowest BCUT2D eigenvalue weighted by atomic mass is 9.78. The predicted octanol–water partition coefficient (Wildman–Crippen LogP) is 5.48. The molecule has 0 bridgehead atoms. The topological polar surface area (TPSA) is 60.2 Å². The molecule has 0 atom stereocenters. The Bertz CT molecular complexity index is 1220. The van der Waals surface area contributed by atoms with E-state index in [0.717, 1.165) is 67.5 Å². The summed E-state index contributed by atoms with van der Waals surface area (Å²) in [6.45, 7) is 2.38. The van der Waals surface area contributed by atoms with Crippen molar-refractivity contribution in [1.82, 2.24) is 19.7 Å². The highest BCUT2D eigenvalue weighted by atomic mass is 19.3. The SMILES string of the molecule is Cn1cc2c(C(=O)CC3CCC(CCN4CCc5ccc(OCC(F)F)nc5CC4)CC3)cccc2n1. The van der Waals surface area contributed by atoms with Crippen LogP contribution in [0.25, 0.3) is 10.9 Å². The number of Topliss-reactive ketones (excluding diaryl/α,β-unsaturated/α-hetero) is 1. The first-order valence-electron chi connectivity index (χ1n) is 13.5. The summed E-state index contributed by atoms with van der Waals surface area (Å²) in [5.41, 5.74) is 3.85. The van der Waals surface area contributed by atoms with Crippen LogP contribution in [0, 0.1) is 11.8 Å². The summed E-state index contributed by atoms with van der Waals surface area (Å²) in [5.74, 6) is 1.71. The number of carbonyl (C=O) groups excluding carboxylic acids is 1. The van der Waals surface area contributed by atoms with Crippen LogP contribution in [0.2, 0.25) is 0 Å². The molecule has 0 unspecified atom stereocenters. The Balaban J connectivity index is 1.06. The minimum atomic E-state index is -2.49. The Morgan fingerprint density at radius 2 is 1.86 bits per heavy atom. The van der Waals surface area contributed by atoms with Gasteiger partial charge >= 0.3 is 0 Å². The van der Waals surface area contributed by atoms with Crippen LogP contribution in [0.4, 0.5) is 8.78 Å². The number of fused-ring (bicyclic) bond motifs is 2. The Hall–Kier alpha value is -2.87. The summed E-state index contributed by atoms with van der Waals surface area (Å²) in [7, 11) is 1.89. The molecule has 6 nitrogen and oxygen atoms in total. The van der Waals surface area contributed by atoms with Gasteiger partial charge in [-0.1, -0.05) is 31.0 Å². The Kier molecular flexibility index (Phi) is 8.13. The van der Waals surface area contributed by atoms with Crippen molar-refractivity contribution in [3.05, 3.63) is 53.3 Å². The minimum absolute atomic E-state index is 0.238. The maximum Gasteiger partial charge on any atom is 0.272 e. The van der Waals surface area contributed by atoms with Gasteiger partial charge in [0.2, 0.25) is 5.88 Å². The molecule has 0 radical (unpaired) electrons. The van der Waals surface area contributed by atoms with Crippen LogP contribution >= 0.6 is 0 Å². The largest absolute Gasteiger partial charge is 0.472 e. The standard InChI is InChI=1S/C29H36F2N4O2/c1-34-18-24-23(3-2-4-26(24)33-34)27(36)17-21-7-5-20(6-8-21)11-14-35-15-12-22-9-10-29(37-19-28(30)31)32-25(22)13-16-35/h2-4,9-10,18,20-21,28H,5-8,11-17,19H2,1H3. The fourth-order valence-corrected chi connectivity index (χ4v) is 5.93. The van der Waals surface area contributed by atoms with Gasteiger partial charge in [-0.25, -0.2) is 13.8 Å². The van der Waals surface area contributed by atoms with Crippen LogP contribution in [0.1, 0.15) is 60.1 Å². The first kappa shape index (κ1) is 25.8. The molecule has 8 heteroatoms. The fraction of sp³-hybridized carbons (Fsp3) is 0.552. The van der Waals surface area contributed by atoms with Crippen molar-refractivity contribution in [2.24, 2.45) is 18.9 Å². The van der Waals surface area contributed by atoms with E-state index in [-0.39, 0.29) is 5.78 Å². The number of aryl methyl sites for hydroxylation is 1. The lowest BCUT2D eigenvalue weighted by Crippen LogP contribution is -2.29. The van der Waals surface area contributed by atoms with Gasteiger partial charge in [-0.15, -0.1) is 0 Å². The smallest absolute Gasteiger partial charge is 0.272 e. The summed E-state index contributed by atoms with van der Waals surface area (Å²) >= 11 is 0. The van der Waals surface area contributed by atoms with E-state index in [1.165, 1.54) is 24.8 Å². The average Bonchev–Trinajstić information content (AvgIpc) is 3.16. The van der Waals surface area contributed by atoms with E-state index in [1.807, 2.05) is 37.5 Å². The van der Waals surface area contributed by atoms with Gasteiger partial charge in [0.15, 0.2) is 12.4 Å². The monoisotopic (exact) mass is 510 g/mol. The third-order valence-electron chi connectivity index (χ3n) is 8.02. The fourth-order valence-electron chi connectivity index (χ4n) is 5.93. The molecule has 0 spiro atoms. The van der Waals surface area contributed by atoms with Gasteiger partial charge in [0.05, 0.1) is 5.52 Å². The number of benzene rings is 1. The maximum atomic E-state index is 13.1. The van der Waals surface area contributed by atoms with Gasteiger partial charge in [0.25, 0.3) is 6.43 Å². The predicted molar refractivity (Wildman–Crippen MR) is 139 cm³/mol. The van der Waals surface area contributed by atoms with Crippen molar-refractivity contribution < 1.29 is 18.3 Å². The molecule has 1 aliphatic heterocycles. The van der Waals surface area contributed by atoms with Gasteiger partial charge in [0.1, 0.15) is 0 Å². The molecule has 2 aliphatic rings. The summed E-state index contributed by atoms with van der Waals surface area (Å²) < 4.78 is 31.8. The number of ketones is 1. The van der Waals surface area contributed by atoms with E-state index in [4.69, 9.17) is 4.74 Å². The molecule has 0 amide bonds. The van der Waals surface area contributed by atoms with Crippen LogP contribution in [0.5, 0.6) is 5.88 Å². The summed E-state index contributed by atoms with van der Waals surface area (Å²) in [4.78, 5) is 20.1. The molecule has 0 N–H and O–H groups in total. The van der Waals surface area contributed by atoms with Gasteiger partial charge in [-0.05, 0) is 55.7 Å². The Morgan fingerprint density at radius 3 is 2.68 bits per heavy atom. The highest BCUT2D eigenvalue weighted by Gasteiger charge is 2.25. The lowest BCUT2D eigenvalue weighted by Gasteiger charge is -2.30. The summed E-state index contributed by atoms with van der Waals surface area (Å²) in [5, 5.41) is 5.39. The number of carbonyl (C=O) groups is 1. The number of rotatable bonds is 9. The number of ether oxygens (including phenoxy) is 1. The van der Waals surface area contributed by atoms with Crippen LogP contribution in [0.3, 0.4) is 0 Å². The van der Waals surface area contributed by atoms with Crippen molar-refractivity contribution in [2.75, 3.05) is 26.2 Å². The molecule has 0 saturated heterocycles. The van der Waals surface area contributed by atoms with E-state index >= 15 is 0 Å². The van der Waals surface area contributed by atoms with Crippen LogP contribution in [-0.4, -0.2) is 58.1 Å². The van der Waals surface area contributed by atoms with E-state index in [2.05, 4.69) is 15.0 Å². The molecule has 1 fully saturated rings. The van der Waals surface area contributed by atoms with Crippen molar-refractivity contribution in [2.45, 2.75) is 57.8 Å². The van der Waals surface area contributed by atoms with Crippen molar-refractivity contribution >= 4 is 16.7 Å². The number of nitrogens with zero attached hydrogens (tertiary/aromatic N) is 4. The summed E-state index contributed by atoms with van der Waals surface area (Å²) in [6, 6.07) is 9.50. The van der Waals surface area contributed by atoms with E-state index in [0.29, 0.717) is 24.1 Å². The van der Waals surface area contributed by atoms with Crippen LogP contribution in [0.15, 0.2) is 36.5 Å². The number of halogens is 2. The quantitative estimate of drug-likeness (QED) is 0.357. The zero-order valence-electron chi connectivity index (χ0n) is 21.5. The highest BCUT2D eigenvalue weighted by Crippen LogP contribution is 2.34. The lowest BCUT2D eigenvalue weighted by molar-refractivity contribution is 0.0794. The molecule has 5 rings (SSSR count). The first-order valence-corrected chi connectivity index (χ1v) is 13.5. The molecule has 198 valence electrons. The molecule has 1 aromatic carbocycles. The van der Waals surface area contributed by atoms with Gasteiger partial charge < -0.3 is 9.64 Å². The van der Waals surface area contributed by atoms with E-state index in [1.54, 1.807) is 10.7 Å². The van der Waals surface area contributed by atoms with Crippen LogP contribution < -0.4 is 4.74 Å². The molecule has 1 aliphatic carbocycles. The molecule has 1 saturated carbocycles. The number of hydrogen-bond acceptors (Lipinski definition) is 5. The zero-order valence-corrected chi connectivity index (χ0v) is 21.5. The molecular formula is C29H36F2N4O2. The van der Waals surface area contributed by atoms with Crippen LogP contribution in [-0.2, 0) is 19.9 Å². The van der Waals surface area contributed by atoms with Gasteiger partial charge in [-0.2, -0.15) is 5.10 Å². The second-order valence-electron chi connectivity index (χ2n) is 10.6. The molecule has 3 heterocycles. The Morgan fingerprint density at radius 1 is 1.08 bits per heavy atom. The summed E-state index contributed by atoms with van der Waals surface area (Å²) in [6.07, 6.45) is 7.63. The van der Waals surface area contributed by atoms with E-state index < -0.39 is 13.0 Å². The number of pyridine rings is 1. The normalized spacial score (nSPS) is 20.6. The highest BCUT2D eigenvalue weighted by molar-refractivity contribution is 6.07. The van der Waals surface area contributed by atoms with Gasteiger partial charge in [-0.3, -0.25) is 9.48 Å². The van der Waals surface area contributed by atoms with Crippen molar-refractivity contribution in [3.63, 3.8) is 0 Å². The van der Waals surface area contributed by atoms with Gasteiger partial charge in [0, 0.05) is 61.9 Å². The molecule has 3 aromatic rings.